The number of halogens is 2. The van der Waals surface area contributed by atoms with Crippen molar-refractivity contribution in [2.24, 2.45) is 5.92 Å². The molecular weight excluding hydrogens is 462 g/mol. The highest BCUT2D eigenvalue weighted by Gasteiger charge is 2.50. The lowest BCUT2D eigenvalue weighted by Gasteiger charge is -2.53. The number of fused-ring (bicyclic) bond motifs is 3. The molecule has 1 aromatic heterocycles. The molecule has 2 atom stereocenters. The Kier molecular flexibility index (Phi) is 6.01. The van der Waals surface area contributed by atoms with Crippen LogP contribution in [0.4, 0.5) is 8.78 Å². The highest BCUT2D eigenvalue weighted by molar-refractivity contribution is 5.84. The van der Waals surface area contributed by atoms with E-state index in [-0.39, 0.29) is 31.8 Å². The van der Waals surface area contributed by atoms with E-state index < -0.39 is 11.2 Å². The standard InChI is InChI=1S/C28H34F2N4O2/c1-19-11-23-24-13-31-32-26(24)8-7-25(23)27(2,34(19)16-28(30)17-35-18-28)21-3-5-22(6-4-21)36-10-9-33-14-20(12-29)15-33/h3-8,13,19-20H,9-12,14-18H2,1-2H3,(H,31,32)/t19-,27-/m1/s1. The third-order valence-corrected chi connectivity index (χ3v) is 8.39. The summed E-state index contributed by atoms with van der Waals surface area (Å²) in [5.41, 5.74) is 2.73. The minimum Gasteiger partial charge on any atom is -0.492 e. The van der Waals surface area contributed by atoms with E-state index in [1.165, 1.54) is 11.1 Å². The number of nitrogens with zero attached hydrogens (tertiary/aromatic N) is 3. The molecule has 8 heteroatoms. The summed E-state index contributed by atoms with van der Waals surface area (Å²) in [4.78, 5) is 4.52. The number of rotatable bonds is 8. The van der Waals surface area contributed by atoms with Crippen molar-refractivity contribution in [3.05, 3.63) is 59.3 Å². The highest BCUT2D eigenvalue weighted by Crippen LogP contribution is 2.46. The van der Waals surface area contributed by atoms with Gasteiger partial charge in [-0.25, -0.2) is 4.39 Å². The van der Waals surface area contributed by atoms with Gasteiger partial charge >= 0.3 is 0 Å². The number of H-pyrrole nitrogens is 1. The molecule has 2 aromatic carbocycles. The Morgan fingerprint density at radius 3 is 2.64 bits per heavy atom. The molecule has 3 aliphatic rings. The predicted molar refractivity (Wildman–Crippen MR) is 135 cm³/mol. The molecule has 36 heavy (non-hydrogen) atoms. The van der Waals surface area contributed by atoms with E-state index in [1.807, 2.05) is 18.3 Å². The zero-order chi connectivity index (χ0) is 24.9. The second-order valence-electron chi connectivity index (χ2n) is 11.0. The summed E-state index contributed by atoms with van der Waals surface area (Å²) in [6, 6.07) is 12.6. The molecule has 0 unspecified atom stereocenters. The first-order valence-electron chi connectivity index (χ1n) is 12.9. The Morgan fingerprint density at radius 1 is 1.17 bits per heavy atom. The molecule has 0 aliphatic carbocycles. The highest BCUT2D eigenvalue weighted by atomic mass is 19.1. The fourth-order valence-corrected chi connectivity index (χ4v) is 6.23. The van der Waals surface area contributed by atoms with E-state index >= 15 is 4.39 Å². The third-order valence-electron chi connectivity index (χ3n) is 8.39. The van der Waals surface area contributed by atoms with Crippen LogP contribution < -0.4 is 4.74 Å². The van der Waals surface area contributed by atoms with Gasteiger partial charge in [-0.05, 0) is 55.2 Å². The Balaban J connectivity index is 1.29. The zero-order valence-corrected chi connectivity index (χ0v) is 21.0. The minimum absolute atomic E-state index is 0.136. The van der Waals surface area contributed by atoms with Crippen molar-refractivity contribution in [2.75, 3.05) is 52.7 Å². The second-order valence-corrected chi connectivity index (χ2v) is 11.0. The molecule has 6 nitrogen and oxygen atoms in total. The van der Waals surface area contributed by atoms with Crippen LogP contribution in [-0.2, 0) is 16.7 Å². The lowest BCUT2D eigenvalue weighted by molar-refractivity contribution is -0.154. The number of hydrogen-bond donors (Lipinski definition) is 1. The number of alkyl halides is 2. The van der Waals surface area contributed by atoms with Gasteiger partial charge in [-0.1, -0.05) is 18.2 Å². The van der Waals surface area contributed by atoms with Crippen LogP contribution in [0.25, 0.3) is 10.9 Å². The maximum absolute atomic E-state index is 15.4. The molecule has 0 amide bonds. The molecule has 4 heterocycles. The fraction of sp³-hybridized carbons (Fsp3) is 0.536. The SMILES string of the molecule is C[C@@H]1Cc2c(ccc3[nH]ncc23)[C@@](C)(c2ccc(OCCN3CC(CF)C3)cc2)N1CC1(F)COC1. The smallest absolute Gasteiger partial charge is 0.169 e. The largest absolute Gasteiger partial charge is 0.492 e. The molecule has 0 spiro atoms. The van der Waals surface area contributed by atoms with Gasteiger partial charge in [0.05, 0.1) is 37.1 Å². The minimum atomic E-state index is -1.33. The van der Waals surface area contributed by atoms with Crippen molar-refractivity contribution in [3.63, 3.8) is 0 Å². The molecular formula is C28H34F2N4O2. The number of aromatic amines is 1. The molecule has 2 fully saturated rings. The first-order valence-corrected chi connectivity index (χ1v) is 12.9. The van der Waals surface area contributed by atoms with Crippen molar-refractivity contribution in [2.45, 2.75) is 37.5 Å². The van der Waals surface area contributed by atoms with Crippen LogP contribution in [0.15, 0.2) is 42.6 Å². The molecule has 1 N–H and O–H groups in total. The normalized spacial score (nSPS) is 26.4. The quantitative estimate of drug-likeness (QED) is 0.509. The van der Waals surface area contributed by atoms with Crippen LogP contribution in [0, 0.1) is 5.92 Å². The van der Waals surface area contributed by atoms with E-state index in [0.717, 1.165) is 48.3 Å². The molecule has 3 aromatic rings. The summed E-state index contributed by atoms with van der Waals surface area (Å²) < 4.78 is 39.3. The van der Waals surface area contributed by atoms with E-state index in [9.17, 15) is 4.39 Å². The topological polar surface area (TPSA) is 53.6 Å². The number of hydrogen-bond acceptors (Lipinski definition) is 5. The number of benzene rings is 2. The van der Waals surface area contributed by atoms with E-state index in [1.54, 1.807) is 0 Å². The van der Waals surface area contributed by atoms with Gasteiger partial charge in [-0.3, -0.25) is 19.3 Å². The molecule has 192 valence electrons. The lowest BCUT2D eigenvalue weighted by Crippen LogP contribution is -2.62. The van der Waals surface area contributed by atoms with Crippen molar-refractivity contribution in [1.82, 2.24) is 20.0 Å². The van der Waals surface area contributed by atoms with Gasteiger partial charge in [0.25, 0.3) is 0 Å². The average molecular weight is 497 g/mol. The summed E-state index contributed by atoms with van der Waals surface area (Å²) in [5.74, 6) is 0.993. The van der Waals surface area contributed by atoms with Gasteiger partial charge in [0.15, 0.2) is 5.67 Å². The monoisotopic (exact) mass is 496 g/mol. The molecule has 0 radical (unpaired) electrons. The molecule has 2 saturated heterocycles. The third kappa shape index (κ3) is 3.99. The molecule has 0 bridgehead atoms. The van der Waals surface area contributed by atoms with Crippen LogP contribution in [0.3, 0.4) is 0 Å². The van der Waals surface area contributed by atoms with Crippen LogP contribution >= 0.6 is 0 Å². The Morgan fingerprint density at radius 2 is 1.94 bits per heavy atom. The summed E-state index contributed by atoms with van der Waals surface area (Å²) in [5, 5.41) is 8.50. The number of aromatic nitrogens is 2. The Hall–Kier alpha value is -2.55. The predicted octanol–water partition coefficient (Wildman–Crippen LogP) is 4.09. The number of ether oxygens (including phenoxy) is 2. The first-order chi connectivity index (χ1) is 17.4. The van der Waals surface area contributed by atoms with E-state index in [2.05, 4.69) is 58.1 Å². The van der Waals surface area contributed by atoms with Crippen LogP contribution in [0.2, 0.25) is 0 Å². The van der Waals surface area contributed by atoms with Crippen LogP contribution in [0.1, 0.15) is 30.5 Å². The van der Waals surface area contributed by atoms with Gasteiger partial charge in [0.2, 0.25) is 0 Å². The summed E-state index contributed by atoms with van der Waals surface area (Å²) in [6.07, 6.45) is 2.73. The maximum Gasteiger partial charge on any atom is 0.169 e. The van der Waals surface area contributed by atoms with Crippen molar-refractivity contribution >= 4 is 10.9 Å². The van der Waals surface area contributed by atoms with Gasteiger partial charge in [0.1, 0.15) is 12.4 Å². The summed E-state index contributed by atoms with van der Waals surface area (Å²) in [7, 11) is 0. The van der Waals surface area contributed by atoms with Gasteiger partial charge in [-0.15, -0.1) is 0 Å². The van der Waals surface area contributed by atoms with E-state index in [4.69, 9.17) is 9.47 Å². The van der Waals surface area contributed by atoms with Crippen molar-refractivity contribution in [1.29, 1.82) is 0 Å². The molecule has 6 rings (SSSR count). The average Bonchev–Trinajstić information content (AvgIpc) is 3.32. The molecule has 0 saturated carbocycles. The van der Waals surface area contributed by atoms with Gasteiger partial charge < -0.3 is 9.47 Å². The lowest BCUT2D eigenvalue weighted by atomic mass is 9.73. The summed E-state index contributed by atoms with van der Waals surface area (Å²) in [6.45, 7) is 7.78. The molecule has 3 aliphatic heterocycles. The Labute approximate surface area is 210 Å². The van der Waals surface area contributed by atoms with Gasteiger partial charge in [0, 0.05) is 43.5 Å². The van der Waals surface area contributed by atoms with Crippen LogP contribution in [0.5, 0.6) is 5.75 Å². The second kappa shape index (κ2) is 9.08. The Bertz CT molecular complexity index is 1220. The van der Waals surface area contributed by atoms with Crippen molar-refractivity contribution < 1.29 is 18.3 Å². The first kappa shape index (κ1) is 23.8. The maximum atomic E-state index is 15.4. The van der Waals surface area contributed by atoms with Crippen LogP contribution in [-0.4, -0.2) is 84.4 Å². The number of nitrogens with one attached hydrogen (secondary N) is 1. The fourth-order valence-electron chi connectivity index (χ4n) is 6.23. The van der Waals surface area contributed by atoms with Crippen molar-refractivity contribution in [3.8, 4) is 5.75 Å². The van der Waals surface area contributed by atoms with Gasteiger partial charge in [-0.2, -0.15) is 5.10 Å². The summed E-state index contributed by atoms with van der Waals surface area (Å²) >= 11 is 0. The zero-order valence-electron chi connectivity index (χ0n) is 21.0. The van der Waals surface area contributed by atoms with E-state index in [0.29, 0.717) is 13.2 Å². The number of likely N-dealkylation sites (tertiary alicyclic amines) is 1.